The van der Waals surface area contributed by atoms with Crippen LogP contribution in [0.5, 0.6) is 0 Å². The molecule has 5 nitrogen and oxygen atoms in total. The Hall–Kier alpha value is -0.940. The van der Waals surface area contributed by atoms with E-state index < -0.39 is 0 Å². The molecule has 0 spiro atoms. The number of hydrogen-bond acceptors (Lipinski definition) is 4. The van der Waals surface area contributed by atoms with Crippen molar-refractivity contribution in [3.8, 4) is 0 Å². The van der Waals surface area contributed by atoms with Gasteiger partial charge < -0.3 is 9.88 Å². The van der Waals surface area contributed by atoms with Crippen LogP contribution in [0.1, 0.15) is 50.7 Å². The van der Waals surface area contributed by atoms with Gasteiger partial charge in [-0.2, -0.15) is 0 Å². The average Bonchev–Trinajstić information content (AvgIpc) is 2.89. The second-order valence-electron chi connectivity index (χ2n) is 6.17. The van der Waals surface area contributed by atoms with Crippen LogP contribution >= 0.6 is 0 Å². The van der Waals surface area contributed by atoms with Gasteiger partial charge >= 0.3 is 0 Å². The molecular formula is C15H27N5. The van der Waals surface area contributed by atoms with Gasteiger partial charge in [0.2, 0.25) is 0 Å². The zero-order chi connectivity index (χ0) is 13.8. The highest BCUT2D eigenvalue weighted by molar-refractivity contribution is 4.99. The second-order valence-corrected chi connectivity index (χ2v) is 6.17. The molecule has 1 atom stereocenters. The van der Waals surface area contributed by atoms with E-state index in [4.69, 9.17) is 0 Å². The molecule has 1 fully saturated rings. The number of nitrogens with zero attached hydrogens (tertiary/aromatic N) is 4. The van der Waals surface area contributed by atoms with E-state index in [1.54, 1.807) is 0 Å². The average molecular weight is 277 g/mol. The molecule has 20 heavy (non-hydrogen) atoms. The second kappa shape index (κ2) is 6.68. The quantitative estimate of drug-likeness (QED) is 0.887. The van der Waals surface area contributed by atoms with E-state index in [9.17, 15) is 0 Å². The summed E-state index contributed by atoms with van der Waals surface area (Å²) in [6.07, 6.45) is 7.47. The molecule has 0 aliphatic carbocycles. The van der Waals surface area contributed by atoms with E-state index in [2.05, 4.69) is 31.9 Å². The molecule has 1 aromatic rings. The third kappa shape index (κ3) is 3.20. The van der Waals surface area contributed by atoms with Crippen molar-refractivity contribution >= 4 is 0 Å². The Morgan fingerprint density at radius 1 is 1.20 bits per heavy atom. The topological polar surface area (TPSA) is 46.0 Å². The third-order valence-electron chi connectivity index (χ3n) is 4.49. The molecule has 0 aromatic carbocycles. The highest BCUT2D eigenvalue weighted by Gasteiger charge is 2.22. The molecule has 3 heterocycles. The Morgan fingerprint density at radius 3 is 3.05 bits per heavy atom. The first kappa shape index (κ1) is 14.0. The minimum absolute atomic E-state index is 0.660. The fraction of sp³-hybridized carbons (Fsp3) is 0.867. The number of fused-ring (bicyclic) bond motifs is 1. The van der Waals surface area contributed by atoms with Gasteiger partial charge in [-0.1, -0.05) is 6.92 Å². The summed E-state index contributed by atoms with van der Waals surface area (Å²) >= 11 is 0. The summed E-state index contributed by atoms with van der Waals surface area (Å²) in [6.45, 7) is 7.81. The molecule has 1 aromatic heterocycles. The zero-order valence-electron chi connectivity index (χ0n) is 12.6. The van der Waals surface area contributed by atoms with Gasteiger partial charge in [0.05, 0.1) is 6.54 Å². The van der Waals surface area contributed by atoms with Gasteiger partial charge in [-0.05, 0) is 45.2 Å². The standard InChI is InChI=1S/C15H27N5/c1-2-8-16-13-6-5-9-19(11-13)12-15-18-17-14-7-3-4-10-20(14)15/h13,16H,2-12H2,1H3. The van der Waals surface area contributed by atoms with Gasteiger partial charge in [0.1, 0.15) is 11.6 Å². The lowest BCUT2D eigenvalue weighted by Gasteiger charge is -2.33. The van der Waals surface area contributed by atoms with Crippen LogP contribution in [0.15, 0.2) is 0 Å². The van der Waals surface area contributed by atoms with Crippen molar-refractivity contribution in [2.75, 3.05) is 19.6 Å². The van der Waals surface area contributed by atoms with Crippen molar-refractivity contribution in [2.24, 2.45) is 0 Å². The number of likely N-dealkylation sites (tertiary alicyclic amines) is 1. The van der Waals surface area contributed by atoms with Crippen molar-refractivity contribution in [1.29, 1.82) is 0 Å². The predicted molar refractivity (Wildman–Crippen MR) is 79.6 cm³/mol. The molecule has 0 amide bonds. The molecule has 0 bridgehead atoms. The first-order valence-electron chi connectivity index (χ1n) is 8.23. The van der Waals surface area contributed by atoms with Crippen LogP contribution in [0.4, 0.5) is 0 Å². The largest absolute Gasteiger partial charge is 0.314 e. The van der Waals surface area contributed by atoms with Crippen LogP contribution in [0.3, 0.4) is 0 Å². The van der Waals surface area contributed by atoms with Crippen LogP contribution in [0.25, 0.3) is 0 Å². The van der Waals surface area contributed by atoms with Crippen LogP contribution in [0.2, 0.25) is 0 Å². The van der Waals surface area contributed by atoms with Crippen molar-refractivity contribution in [3.63, 3.8) is 0 Å². The minimum atomic E-state index is 0.660. The fourth-order valence-electron chi connectivity index (χ4n) is 3.40. The summed E-state index contributed by atoms with van der Waals surface area (Å²) in [5.74, 6) is 2.37. The highest BCUT2D eigenvalue weighted by atomic mass is 15.3. The minimum Gasteiger partial charge on any atom is -0.314 e. The maximum absolute atomic E-state index is 4.43. The Balaban J connectivity index is 1.58. The summed E-state index contributed by atoms with van der Waals surface area (Å²) in [6, 6.07) is 0.660. The number of rotatable bonds is 5. The molecule has 112 valence electrons. The van der Waals surface area contributed by atoms with E-state index in [0.29, 0.717) is 6.04 Å². The van der Waals surface area contributed by atoms with Gasteiger partial charge in [0.15, 0.2) is 0 Å². The lowest BCUT2D eigenvalue weighted by atomic mass is 10.1. The Bertz CT molecular complexity index is 428. The van der Waals surface area contributed by atoms with Crippen LogP contribution in [0, 0.1) is 0 Å². The van der Waals surface area contributed by atoms with E-state index in [1.807, 2.05) is 0 Å². The number of hydrogen-bond donors (Lipinski definition) is 1. The summed E-state index contributed by atoms with van der Waals surface area (Å²) in [7, 11) is 0. The number of piperidine rings is 1. The molecule has 3 rings (SSSR count). The van der Waals surface area contributed by atoms with Gasteiger partial charge in [0.25, 0.3) is 0 Å². The molecule has 2 aliphatic rings. The molecule has 1 unspecified atom stereocenters. The summed E-state index contributed by atoms with van der Waals surface area (Å²) in [5, 5.41) is 12.5. The zero-order valence-corrected chi connectivity index (χ0v) is 12.6. The molecule has 5 heteroatoms. The monoisotopic (exact) mass is 277 g/mol. The number of aromatic nitrogens is 3. The van der Waals surface area contributed by atoms with Crippen LogP contribution in [-0.4, -0.2) is 45.3 Å². The predicted octanol–water partition coefficient (Wildman–Crippen LogP) is 1.58. The molecule has 2 aliphatic heterocycles. The maximum atomic E-state index is 4.43. The van der Waals surface area contributed by atoms with E-state index in [0.717, 1.165) is 32.6 Å². The highest BCUT2D eigenvalue weighted by Crippen LogP contribution is 2.17. The van der Waals surface area contributed by atoms with Gasteiger partial charge in [-0.15, -0.1) is 10.2 Å². The maximum Gasteiger partial charge on any atom is 0.147 e. The first-order chi connectivity index (χ1) is 9.86. The summed E-state index contributed by atoms with van der Waals surface area (Å²) < 4.78 is 2.35. The van der Waals surface area contributed by atoms with E-state index in [1.165, 1.54) is 50.3 Å². The van der Waals surface area contributed by atoms with Crippen molar-refractivity contribution in [3.05, 3.63) is 11.6 Å². The van der Waals surface area contributed by atoms with Crippen molar-refractivity contribution < 1.29 is 0 Å². The van der Waals surface area contributed by atoms with Crippen molar-refractivity contribution in [1.82, 2.24) is 25.0 Å². The van der Waals surface area contributed by atoms with E-state index in [-0.39, 0.29) is 0 Å². The first-order valence-corrected chi connectivity index (χ1v) is 8.23. The lowest BCUT2D eigenvalue weighted by molar-refractivity contribution is 0.177. The van der Waals surface area contributed by atoms with Gasteiger partial charge in [0, 0.05) is 25.6 Å². The molecule has 1 saturated heterocycles. The fourth-order valence-corrected chi connectivity index (χ4v) is 3.40. The summed E-state index contributed by atoms with van der Waals surface area (Å²) in [5.41, 5.74) is 0. The molecule has 0 radical (unpaired) electrons. The number of aryl methyl sites for hydroxylation is 1. The Kier molecular flexibility index (Phi) is 4.68. The Labute approximate surface area is 121 Å². The normalized spacial score (nSPS) is 23.8. The molecule has 1 N–H and O–H groups in total. The van der Waals surface area contributed by atoms with Gasteiger partial charge in [-0.3, -0.25) is 4.90 Å². The van der Waals surface area contributed by atoms with Gasteiger partial charge in [-0.25, -0.2) is 0 Å². The Morgan fingerprint density at radius 2 is 2.15 bits per heavy atom. The number of nitrogens with one attached hydrogen (secondary N) is 1. The smallest absolute Gasteiger partial charge is 0.147 e. The van der Waals surface area contributed by atoms with Crippen LogP contribution in [-0.2, 0) is 19.5 Å². The van der Waals surface area contributed by atoms with Crippen LogP contribution < -0.4 is 5.32 Å². The van der Waals surface area contributed by atoms with E-state index >= 15 is 0 Å². The summed E-state index contributed by atoms with van der Waals surface area (Å²) in [4.78, 5) is 2.54. The molecular weight excluding hydrogens is 250 g/mol. The SMILES string of the molecule is CCCNC1CCCN(Cc2nnc3n2CCCC3)C1. The molecule has 0 saturated carbocycles. The lowest BCUT2D eigenvalue weighted by Crippen LogP contribution is -2.45. The van der Waals surface area contributed by atoms with Crippen molar-refractivity contribution in [2.45, 2.75) is 64.6 Å². The third-order valence-corrected chi connectivity index (χ3v) is 4.49.